The molecule has 0 saturated heterocycles. The largest absolute Gasteiger partial charge is 0.497 e. The normalized spacial score (nSPS) is 11.3. The number of carbonyl (C=O) groups is 2. The summed E-state index contributed by atoms with van der Waals surface area (Å²) in [5.74, 6) is 0.269. The zero-order valence-corrected chi connectivity index (χ0v) is 14.3. The Labute approximate surface area is 147 Å². The SMILES string of the molecule is COC(=O)C(Cc1ccccc1)NC(=O)NCc1ccc(OC)cc1. The molecule has 0 spiro atoms. The summed E-state index contributed by atoms with van der Waals surface area (Å²) in [6, 6.07) is 15.6. The summed E-state index contributed by atoms with van der Waals surface area (Å²) in [5.41, 5.74) is 1.86. The molecule has 0 aliphatic heterocycles. The highest BCUT2D eigenvalue weighted by molar-refractivity contribution is 5.83. The fourth-order valence-electron chi connectivity index (χ4n) is 2.32. The molecule has 2 amide bonds. The summed E-state index contributed by atoms with van der Waals surface area (Å²) in [4.78, 5) is 24.0. The van der Waals surface area contributed by atoms with Crippen LogP contribution in [0.1, 0.15) is 11.1 Å². The van der Waals surface area contributed by atoms with Crippen LogP contribution < -0.4 is 15.4 Å². The molecule has 6 nitrogen and oxygen atoms in total. The first-order chi connectivity index (χ1) is 12.1. The first-order valence-electron chi connectivity index (χ1n) is 7.91. The van der Waals surface area contributed by atoms with Gasteiger partial charge in [0.1, 0.15) is 11.8 Å². The van der Waals surface area contributed by atoms with Crippen molar-refractivity contribution in [3.8, 4) is 5.75 Å². The van der Waals surface area contributed by atoms with Gasteiger partial charge in [-0.1, -0.05) is 42.5 Å². The molecule has 25 heavy (non-hydrogen) atoms. The van der Waals surface area contributed by atoms with Crippen LogP contribution in [-0.2, 0) is 22.5 Å². The van der Waals surface area contributed by atoms with E-state index >= 15 is 0 Å². The summed E-state index contributed by atoms with van der Waals surface area (Å²) < 4.78 is 9.87. The predicted molar refractivity (Wildman–Crippen MR) is 94.3 cm³/mol. The van der Waals surface area contributed by atoms with Crippen LogP contribution in [-0.4, -0.2) is 32.3 Å². The molecule has 0 fully saturated rings. The average Bonchev–Trinajstić information content (AvgIpc) is 2.66. The van der Waals surface area contributed by atoms with Crippen LogP contribution in [0.3, 0.4) is 0 Å². The molecule has 2 rings (SSSR count). The van der Waals surface area contributed by atoms with E-state index in [4.69, 9.17) is 9.47 Å². The number of esters is 1. The maximum atomic E-state index is 12.1. The smallest absolute Gasteiger partial charge is 0.328 e. The Morgan fingerprint density at radius 1 is 0.960 bits per heavy atom. The zero-order chi connectivity index (χ0) is 18.1. The molecule has 2 N–H and O–H groups in total. The topological polar surface area (TPSA) is 76.7 Å². The lowest BCUT2D eigenvalue weighted by atomic mass is 10.1. The molecule has 0 aliphatic rings. The molecule has 2 aromatic rings. The Bertz CT molecular complexity index is 686. The summed E-state index contributed by atoms with van der Waals surface area (Å²) in [6.45, 7) is 0.342. The van der Waals surface area contributed by atoms with Crippen LogP contribution in [0.4, 0.5) is 4.79 Å². The van der Waals surface area contributed by atoms with Gasteiger partial charge in [0.05, 0.1) is 14.2 Å². The summed E-state index contributed by atoms with van der Waals surface area (Å²) in [7, 11) is 2.90. The van der Waals surface area contributed by atoms with Crippen LogP contribution >= 0.6 is 0 Å². The summed E-state index contributed by atoms with van der Waals surface area (Å²) in [5, 5.41) is 5.39. The number of urea groups is 1. The first kappa shape index (κ1) is 18.3. The molecule has 6 heteroatoms. The van der Waals surface area contributed by atoms with E-state index in [0.717, 1.165) is 16.9 Å². The van der Waals surface area contributed by atoms with Crippen LogP contribution in [0.15, 0.2) is 54.6 Å². The van der Waals surface area contributed by atoms with Crippen molar-refractivity contribution in [2.75, 3.05) is 14.2 Å². The molecule has 1 unspecified atom stereocenters. The molecular formula is C19H22N2O4. The standard InChI is InChI=1S/C19H22N2O4/c1-24-16-10-8-15(9-11-16)13-20-19(23)21-17(18(22)25-2)12-14-6-4-3-5-7-14/h3-11,17H,12-13H2,1-2H3,(H2,20,21,23). The van der Waals surface area contributed by atoms with Gasteiger partial charge in [-0.05, 0) is 23.3 Å². The Kier molecular flexibility index (Phi) is 6.83. The van der Waals surface area contributed by atoms with Crippen molar-refractivity contribution >= 4 is 12.0 Å². The van der Waals surface area contributed by atoms with Gasteiger partial charge in [0.2, 0.25) is 0 Å². The Balaban J connectivity index is 1.90. The van der Waals surface area contributed by atoms with Crippen molar-refractivity contribution in [3.05, 3.63) is 65.7 Å². The molecular weight excluding hydrogens is 320 g/mol. The molecule has 0 radical (unpaired) electrons. The minimum Gasteiger partial charge on any atom is -0.497 e. The van der Waals surface area contributed by atoms with E-state index in [1.165, 1.54) is 7.11 Å². The fraction of sp³-hybridized carbons (Fsp3) is 0.263. The summed E-state index contributed by atoms with van der Waals surface area (Å²) >= 11 is 0. The maximum Gasteiger partial charge on any atom is 0.328 e. The lowest BCUT2D eigenvalue weighted by Crippen LogP contribution is -2.47. The third-order valence-corrected chi connectivity index (χ3v) is 3.69. The third kappa shape index (κ3) is 5.84. The van der Waals surface area contributed by atoms with Gasteiger partial charge in [0.15, 0.2) is 0 Å². The molecule has 0 bridgehead atoms. The van der Waals surface area contributed by atoms with Gasteiger partial charge < -0.3 is 20.1 Å². The highest BCUT2D eigenvalue weighted by Crippen LogP contribution is 2.11. The number of methoxy groups -OCH3 is 2. The van der Waals surface area contributed by atoms with Crippen LogP contribution in [0.5, 0.6) is 5.75 Å². The van der Waals surface area contributed by atoms with Gasteiger partial charge in [-0.2, -0.15) is 0 Å². The van der Waals surface area contributed by atoms with Gasteiger partial charge in [0, 0.05) is 13.0 Å². The lowest BCUT2D eigenvalue weighted by Gasteiger charge is -2.17. The molecule has 132 valence electrons. The summed E-state index contributed by atoms with van der Waals surface area (Å²) in [6.07, 6.45) is 0.365. The number of nitrogens with one attached hydrogen (secondary N) is 2. The highest BCUT2D eigenvalue weighted by atomic mass is 16.5. The number of hydrogen-bond acceptors (Lipinski definition) is 4. The number of hydrogen-bond donors (Lipinski definition) is 2. The van der Waals surface area contributed by atoms with Crippen LogP contribution in [0.25, 0.3) is 0 Å². The Morgan fingerprint density at radius 2 is 1.64 bits per heavy atom. The maximum absolute atomic E-state index is 12.1. The van der Waals surface area contributed by atoms with E-state index in [2.05, 4.69) is 10.6 Å². The fourth-order valence-corrected chi connectivity index (χ4v) is 2.32. The van der Waals surface area contributed by atoms with Crippen LogP contribution in [0.2, 0.25) is 0 Å². The predicted octanol–water partition coefficient (Wildman–Crippen LogP) is 2.28. The molecule has 0 heterocycles. The van der Waals surface area contributed by atoms with E-state index in [-0.39, 0.29) is 0 Å². The highest BCUT2D eigenvalue weighted by Gasteiger charge is 2.21. The minimum absolute atomic E-state index is 0.342. The molecule has 0 aliphatic carbocycles. The quantitative estimate of drug-likeness (QED) is 0.757. The van der Waals surface area contributed by atoms with Crippen LogP contribution in [0, 0.1) is 0 Å². The second-order valence-electron chi connectivity index (χ2n) is 5.44. The number of ether oxygens (including phenoxy) is 2. The molecule has 2 aromatic carbocycles. The van der Waals surface area contributed by atoms with Gasteiger partial charge in [-0.3, -0.25) is 0 Å². The van der Waals surface area contributed by atoms with E-state index in [1.807, 2.05) is 54.6 Å². The van der Waals surface area contributed by atoms with Gasteiger partial charge in [-0.25, -0.2) is 9.59 Å². The van der Waals surface area contributed by atoms with E-state index < -0.39 is 18.0 Å². The number of amides is 2. The lowest BCUT2D eigenvalue weighted by molar-refractivity contribution is -0.142. The van der Waals surface area contributed by atoms with Gasteiger partial charge in [-0.15, -0.1) is 0 Å². The Morgan fingerprint density at radius 3 is 2.24 bits per heavy atom. The van der Waals surface area contributed by atoms with Crippen molar-refractivity contribution in [1.29, 1.82) is 0 Å². The van der Waals surface area contributed by atoms with Crippen molar-refractivity contribution < 1.29 is 19.1 Å². The van der Waals surface area contributed by atoms with E-state index in [0.29, 0.717) is 13.0 Å². The molecule has 1 atom stereocenters. The van der Waals surface area contributed by atoms with Crippen molar-refractivity contribution in [2.24, 2.45) is 0 Å². The number of carbonyl (C=O) groups excluding carboxylic acids is 2. The zero-order valence-electron chi connectivity index (χ0n) is 14.3. The monoisotopic (exact) mass is 342 g/mol. The molecule has 0 aromatic heterocycles. The van der Waals surface area contributed by atoms with Crippen molar-refractivity contribution in [1.82, 2.24) is 10.6 Å². The van der Waals surface area contributed by atoms with Gasteiger partial charge in [0.25, 0.3) is 0 Å². The van der Waals surface area contributed by atoms with Crippen molar-refractivity contribution in [3.63, 3.8) is 0 Å². The second-order valence-corrected chi connectivity index (χ2v) is 5.44. The molecule has 0 saturated carbocycles. The van der Waals surface area contributed by atoms with E-state index in [1.54, 1.807) is 7.11 Å². The van der Waals surface area contributed by atoms with Gasteiger partial charge >= 0.3 is 12.0 Å². The second kappa shape index (κ2) is 9.32. The third-order valence-electron chi connectivity index (χ3n) is 3.69. The first-order valence-corrected chi connectivity index (χ1v) is 7.91. The number of benzene rings is 2. The average molecular weight is 342 g/mol. The van der Waals surface area contributed by atoms with E-state index in [9.17, 15) is 9.59 Å². The van der Waals surface area contributed by atoms with Crippen molar-refractivity contribution in [2.45, 2.75) is 19.0 Å². The minimum atomic E-state index is -0.747. The number of rotatable bonds is 7. The Hall–Kier alpha value is -3.02.